The molecule has 2 aromatic rings. The minimum atomic E-state index is -1.06. The number of aliphatic hydroxyl groups excluding tert-OH is 1. The zero-order valence-electron chi connectivity index (χ0n) is 11.7. The molecule has 0 saturated carbocycles. The number of aromatic nitrogens is 1. The van der Waals surface area contributed by atoms with Crippen molar-refractivity contribution in [3.63, 3.8) is 0 Å². The molecule has 1 N–H and O–H groups in total. The molecule has 1 unspecified atom stereocenters. The topological polar surface area (TPSA) is 45.5 Å². The molecular formula is C17H16N2O2. The summed E-state index contributed by atoms with van der Waals surface area (Å²) in [5, 5.41) is 11.7. The van der Waals surface area contributed by atoms with Crippen molar-refractivity contribution in [3.8, 4) is 0 Å². The fourth-order valence-corrected chi connectivity index (χ4v) is 4.24. The zero-order valence-corrected chi connectivity index (χ0v) is 11.7. The Morgan fingerprint density at radius 3 is 2.90 bits per heavy atom. The monoisotopic (exact) mass is 280 g/mol. The van der Waals surface area contributed by atoms with E-state index in [1.165, 1.54) is 10.9 Å². The van der Waals surface area contributed by atoms with Gasteiger partial charge in [0.15, 0.2) is 6.23 Å². The van der Waals surface area contributed by atoms with Crippen molar-refractivity contribution in [2.75, 3.05) is 13.1 Å². The van der Waals surface area contributed by atoms with E-state index < -0.39 is 6.23 Å². The molecule has 0 spiro atoms. The van der Waals surface area contributed by atoms with Crippen LogP contribution in [0.3, 0.4) is 0 Å². The van der Waals surface area contributed by atoms with Crippen molar-refractivity contribution in [2.45, 2.75) is 25.5 Å². The number of fused-ring (bicyclic) bond motifs is 3. The highest BCUT2D eigenvalue weighted by atomic mass is 16.3. The number of para-hydroxylation sites is 1. The molecule has 4 heterocycles. The average Bonchev–Trinajstić information content (AvgIpc) is 2.87. The molecule has 1 aromatic carbocycles. The molecule has 106 valence electrons. The van der Waals surface area contributed by atoms with Crippen molar-refractivity contribution in [2.24, 2.45) is 0 Å². The third-order valence-electron chi connectivity index (χ3n) is 5.10. The Morgan fingerprint density at radius 1 is 1.14 bits per heavy atom. The van der Waals surface area contributed by atoms with Gasteiger partial charge in [-0.3, -0.25) is 4.79 Å². The van der Waals surface area contributed by atoms with Crippen LogP contribution in [0, 0.1) is 0 Å². The summed E-state index contributed by atoms with van der Waals surface area (Å²) in [5.41, 5.74) is 5.29. The first kappa shape index (κ1) is 11.6. The third kappa shape index (κ3) is 1.27. The van der Waals surface area contributed by atoms with Gasteiger partial charge >= 0.3 is 0 Å². The lowest BCUT2D eigenvalue weighted by molar-refractivity contribution is -0.128. The van der Waals surface area contributed by atoms with E-state index in [0.717, 1.165) is 54.8 Å². The Kier molecular flexibility index (Phi) is 2.08. The number of rotatable bonds is 0. The predicted octanol–water partition coefficient (Wildman–Crippen LogP) is 2.08. The second-order valence-corrected chi connectivity index (χ2v) is 6.12. The molecule has 0 saturated heterocycles. The van der Waals surface area contributed by atoms with Crippen molar-refractivity contribution < 1.29 is 9.90 Å². The SMILES string of the molecule is O=C1C2=C3c4c(c5ccccc5n4C1O)CCN3CCC2. The van der Waals surface area contributed by atoms with Gasteiger partial charge in [0.05, 0.1) is 16.9 Å². The van der Waals surface area contributed by atoms with Crippen molar-refractivity contribution >= 4 is 22.4 Å². The maximum absolute atomic E-state index is 12.6. The van der Waals surface area contributed by atoms with Gasteiger partial charge in [0.1, 0.15) is 0 Å². The number of benzene rings is 1. The summed E-state index contributed by atoms with van der Waals surface area (Å²) < 4.78 is 1.85. The van der Waals surface area contributed by atoms with Gasteiger partial charge in [-0.15, -0.1) is 0 Å². The molecule has 0 radical (unpaired) electrons. The van der Waals surface area contributed by atoms with Crippen LogP contribution in [0.25, 0.3) is 16.6 Å². The largest absolute Gasteiger partial charge is 0.369 e. The predicted molar refractivity (Wildman–Crippen MR) is 79.6 cm³/mol. The molecule has 0 aliphatic carbocycles. The van der Waals surface area contributed by atoms with Gasteiger partial charge in [-0.1, -0.05) is 18.2 Å². The highest BCUT2D eigenvalue weighted by Gasteiger charge is 2.41. The first-order valence-electron chi connectivity index (χ1n) is 7.60. The van der Waals surface area contributed by atoms with Gasteiger partial charge in [0, 0.05) is 24.0 Å². The molecule has 21 heavy (non-hydrogen) atoms. The minimum Gasteiger partial charge on any atom is -0.369 e. The Bertz CT molecular complexity index is 831. The summed E-state index contributed by atoms with van der Waals surface area (Å²) in [4.78, 5) is 14.9. The molecular weight excluding hydrogens is 264 g/mol. The van der Waals surface area contributed by atoms with Crippen LogP contribution in [0.4, 0.5) is 0 Å². The highest BCUT2D eigenvalue weighted by molar-refractivity contribution is 6.09. The summed E-state index contributed by atoms with van der Waals surface area (Å²) in [5.74, 6) is -0.114. The molecule has 4 heteroatoms. The molecule has 0 fully saturated rings. The Labute approximate surface area is 122 Å². The minimum absolute atomic E-state index is 0.114. The summed E-state index contributed by atoms with van der Waals surface area (Å²) >= 11 is 0. The van der Waals surface area contributed by atoms with Crippen LogP contribution in [0.5, 0.6) is 0 Å². The lowest BCUT2D eigenvalue weighted by Crippen LogP contribution is -2.40. The number of ketones is 1. The molecule has 4 nitrogen and oxygen atoms in total. The van der Waals surface area contributed by atoms with Crippen LogP contribution >= 0.6 is 0 Å². The van der Waals surface area contributed by atoms with Crippen LogP contribution in [0.2, 0.25) is 0 Å². The van der Waals surface area contributed by atoms with E-state index in [2.05, 4.69) is 11.0 Å². The van der Waals surface area contributed by atoms with E-state index in [4.69, 9.17) is 0 Å². The molecule has 3 aliphatic rings. The highest BCUT2D eigenvalue weighted by Crippen LogP contribution is 2.45. The quantitative estimate of drug-likeness (QED) is 0.803. The summed E-state index contributed by atoms with van der Waals surface area (Å²) in [6, 6.07) is 8.10. The van der Waals surface area contributed by atoms with Crippen molar-refractivity contribution in [3.05, 3.63) is 41.1 Å². The number of Topliss-reactive ketones (excluding diaryl/α,β-unsaturated/α-hetero) is 1. The zero-order chi connectivity index (χ0) is 14.1. The lowest BCUT2D eigenvalue weighted by atomic mass is 9.88. The molecule has 1 aromatic heterocycles. The molecule has 0 amide bonds. The fourth-order valence-electron chi connectivity index (χ4n) is 4.24. The molecule has 1 atom stereocenters. The van der Waals surface area contributed by atoms with Gasteiger partial charge in [-0.25, -0.2) is 0 Å². The Hall–Kier alpha value is -2.07. The Balaban J connectivity index is 1.97. The molecule has 5 rings (SSSR count). The summed E-state index contributed by atoms with van der Waals surface area (Å²) in [6.07, 6.45) is 1.73. The number of aliphatic hydroxyl groups is 1. The van der Waals surface area contributed by atoms with Gasteiger partial charge in [-0.05, 0) is 30.9 Å². The van der Waals surface area contributed by atoms with Gasteiger partial charge in [-0.2, -0.15) is 0 Å². The van der Waals surface area contributed by atoms with Gasteiger partial charge in [0.25, 0.3) is 0 Å². The smallest absolute Gasteiger partial charge is 0.210 e. The first-order valence-corrected chi connectivity index (χ1v) is 7.60. The second-order valence-electron chi connectivity index (χ2n) is 6.12. The number of carbonyl (C=O) groups excluding carboxylic acids is 1. The fraction of sp³-hybridized carbons (Fsp3) is 0.353. The lowest BCUT2D eigenvalue weighted by Gasteiger charge is -2.41. The van der Waals surface area contributed by atoms with Crippen LogP contribution in [-0.4, -0.2) is 33.4 Å². The number of nitrogens with zero attached hydrogens (tertiary/aromatic N) is 2. The maximum atomic E-state index is 12.6. The maximum Gasteiger partial charge on any atom is 0.210 e. The van der Waals surface area contributed by atoms with E-state index in [0.29, 0.717) is 0 Å². The third-order valence-corrected chi connectivity index (χ3v) is 5.10. The Morgan fingerprint density at radius 2 is 2.00 bits per heavy atom. The van der Waals surface area contributed by atoms with Gasteiger partial charge < -0.3 is 14.6 Å². The van der Waals surface area contributed by atoms with Crippen molar-refractivity contribution in [1.29, 1.82) is 0 Å². The number of hydrogen-bond donors (Lipinski definition) is 1. The summed E-state index contributed by atoms with van der Waals surface area (Å²) in [6.45, 7) is 1.99. The van der Waals surface area contributed by atoms with Crippen LogP contribution in [-0.2, 0) is 11.2 Å². The normalized spacial score (nSPS) is 23.8. The van der Waals surface area contributed by atoms with E-state index in [1.54, 1.807) is 0 Å². The average molecular weight is 280 g/mol. The van der Waals surface area contributed by atoms with Crippen LogP contribution in [0.15, 0.2) is 29.8 Å². The number of hydrogen-bond acceptors (Lipinski definition) is 3. The van der Waals surface area contributed by atoms with Crippen molar-refractivity contribution in [1.82, 2.24) is 9.47 Å². The standard InChI is InChI=1S/C17H16N2O2/c20-16-12-5-3-8-18-9-7-11-10-4-1-2-6-13(10)19(17(16)21)15(11)14(12)18/h1-2,4,6,17,21H,3,5,7-9H2. The van der Waals surface area contributed by atoms with Crippen LogP contribution < -0.4 is 0 Å². The van der Waals surface area contributed by atoms with Gasteiger partial charge in [0.2, 0.25) is 5.78 Å². The second kappa shape index (κ2) is 3.77. The first-order chi connectivity index (χ1) is 10.3. The van der Waals surface area contributed by atoms with E-state index in [-0.39, 0.29) is 5.78 Å². The van der Waals surface area contributed by atoms with E-state index >= 15 is 0 Å². The summed E-state index contributed by atoms with van der Waals surface area (Å²) in [7, 11) is 0. The van der Waals surface area contributed by atoms with E-state index in [1.807, 2.05) is 22.8 Å². The molecule has 3 aliphatic heterocycles. The number of carbonyl (C=O) groups is 1. The van der Waals surface area contributed by atoms with Crippen LogP contribution in [0.1, 0.15) is 30.3 Å². The molecule has 0 bridgehead atoms. The van der Waals surface area contributed by atoms with E-state index in [9.17, 15) is 9.90 Å².